The fraction of sp³-hybridized carbons (Fsp3) is 0.214. The Balaban J connectivity index is 2.24. The van der Waals surface area contributed by atoms with Gasteiger partial charge in [0.15, 0.2) is 0 Å². The van der Waals surface area contributed by atoms with Crippen LogP contribution < -0.4 is 5.32 Å². The van der Waals surface area contributed by atoms with E-state index in [2.05, 4.69) is 15.5 Å². The van der Waals surface area contributed by atoms with Crippen LogP contribution in [0.2, 0.25) is 0 Å². The summed E-state index contributed by atoms with van der Waals surface area (Å²) in [6, 6.07) is 6.82. The van der Waals surface area contributed by atoms with Gasteiger partial charge in [0, 0.05) is 31.5 Å². The highest BCUT2D eigenvalue weighted by Crippen LogP contribution is 2.17. The van der Waals surface area contributed by atoms with Gasteiger partial charge in [-0.3, -0.25) is 14.7 Å². The monoisotopic (exact) mass is 272 g/mol. The van der Waals surface area contributed by atoms with Gasteiger partial charge in [-0.25, -0.2) is 0 Å². The molecule has 20 heavy (non-hydrogen) atoms. The quantitative estimate of drug-likeness (QED) is 0.892. The maximum atomic E-state index is 12.0. The predicted octanol–water partition coefficient (Wildman–Crippen LogP) is 1.67. The number of carbonyl (C=O) groups excluding carboxylic acids is 2. The van der Waals surface area contributed by atoms with Gasteiger partial charge >= 0.3 is 0 Å². The van der Waals surface area contributed by atoms with Crippen LogP contribution in [0.15, 0.2) is 30.5 Å². The number of nitrogens with one attached hydrogen (secondary N) is 2. The van der Waals surface area contributed by atoms with Crippen molar-refractivity contribution in [2.75, 3.05) is 19.4 Å². The molecule has 1 heterocycles. The summed E-state index contributed by atoms with van der Waals surface area (Å²) in [6.07, 6.45) is 1.51. The van der Waals surface area contributed by atoms with E-state index in [0.29, 0.717) is 16.9 Å². The van der Waals surface area contributed by atoms with Crippen LogP contribution in [0, 0.1) is 6.92 Å². The molecule has 6 nitrogen and oxygen atoms in total. The first-order valence-electron chi connectivity index (χ1n) is 6.12. The molecule has 0 unspecified atom stereocenters. The highest BCUT2D eigenvalue weighted by Gasteiger charge is 2.13. The number of H-pyrrole nitrogens is 1. The molecule has 104 valence electrons. The smallest absolute Gasteiger partial charge is 0.273 e. The zero-order valence-corrected chi connectivity index (χ0v) is 11.6. The average Bonchev–Trinajstić information content (AvgIpc) is 2.94. The highest BCUT2D eigenvalue weighted by molar-refractivity contribution is 6.04. The van der Waals surface area contributed by atoms with E-state index >= 15 is 0 Å². The Hall–Kier alpha value is -2.63. The first-order valence-corrected chi connectivity index (χ1v) is 6.12. The Morgan fingerprint density at radius 3 is 2.60 bits per heavy atom. The Morgan fingerprint density at radius 2 is 2.00 bits per heavy atom. The van der Waals surface area contributed by atoms with Crippen LogP contribution in [0.3, 0.4) is 0 Å². The van der Waals surface area contributed by atoms with Gasteiger partial charge in [0.25, 0.3) is 11.8 Å². The summed E-state index contributed by atoms with van der Waals surface area (Å²) in [7, 11) is 3.38. The normalized spacial score (nSPS) is 10.2. The second-order valence-corrected chi connectivity index (χ2v) is 4.65. The molecule has 2 N–H and O–H groups in total. The molecule has 0 bridgehead atoms. The largest absolute Gasteiger partial charge is 0.345 e. The lowest BCUT2D eigenvalue weighted by Gasteiger charge is -2.14. The average molecular weight is 272 g/mol. The molecular weight excluding hydrogens is 256 g/mol. The molecule has 0 aliphatic carbocycles. The molecule has 0 saturated heterocycles. The van der Waals surface area contributed by atoms with Crippen molar-refractivity contribution in [1.29, 1.82) is 0 Å². The molecule has 0 radical (unpaired) electrons. The molecule has 2 aromatic rings. The summed E-state index contributed by atoms with van der Waals surface area (Å²) in [5.74, 6) is -0.394. The van der Waals surface area contributed by atoms with Gasteiger partial charge < -0.3 is 10.2 Å². The maximum absolute atomic E-state index is 12.0. The van der Waals surface area contributed by atoms with Crippen LogP contribution in [0.4, 0.5) is 5.69 Å². The number of aromatic amines is 1. The van der Waals surface area contributed by atoms with E-state index in [1.54, 1.807) is 38.4 Å². The predicted molar refractivity (Wildman–Crippen MR) is 75.7 cm³/mol. The molecule has 0 aliphatic rings. The molecule has 0 saturated carbocycles. The van der Waals surface area contributed by atoms with Crippen LogP contribution in [0.5, 0.6) is 0 Å². The number of benzene rings is 1. The molecule has 0 aliphatic heterocycles. The lowest BCUT2D eigenvalue weighted by Crippen LogP contribution is -2.23. The van der Waals surface area contributed by atoms with Crippen LogP contribution >= 0.6 is 0 Å². The standard InChI is InChI=1S/C14H16N4O2/c1-9-4-5-10(8-11(9)14(20)18(2)3)16-13(19)12-6-7-15-17-12/h4-8H,1-3H3,(H,15,17)(H,16,19). The number of aryl methyl sites for hydroxylation is 1. The zero-order chi connectivity index (χ0) is 14.7. The summed E-state index contributed by atoms with van der Waals surface area (Å²) in [6.45, 7) is 1.86. The van der Waals surface area contributed by atoms with Gasteiger partial charge in [-0.15, -0.1) is 0 Å². The first-order chi connectivity index (χ1) is 9.49. The van der Waals surface area contributed by atoms with Crippen LogP contribution in [0.1, 0.15) is 26.4 Å². The van der Waals surface area contributed by atoms with Crippen LogP contribution in [-0.4, -0.2) is 41.0 Å². The highest BCUT2D eigenvalue weighted by atomic mass is 16.2. The number of hydrogen-bond acceptors (Lipinski definition) is 3. The minimum absolute atomic E-state index is 0.0971. The van der Waals surface area contributed by atoms with Crippen molar-refractivity contribution in [3.63, 3.8) is 0 Å². The van der Waals surface area contributed by atoms with E-state index in [4.69, 9.17) is 0 Å². The van der Waals surface area contributed by atoms with Crippen molar-refractivity contribution in [2.24, 2.45) is 0 Å². The van der Waals surface area contributed by atoms with Crippen molar-refractivity contribution in [2.45, 2.75) is 6.92 Å². The fourth-order valence-corrected chi connectivity index (χ4v) is 1.75. The second-order valence-electron chi connectivity index (χ2n) is 4.65. The van der Waals surface area contributed by atoms with E-state index in [0.717, 1.165) is 5.56 Å². The minimum Gasteiger partial charge on any atom is -0.345 e. The van der Waals surface area contributed by atoms with E-state index < -0.39 is 0 Å². The number of anilines is 1. The Morgan fingerprint density at radius 1 is 1.25 bits per heavy atom. The van der Waals surface area contributed by atoms with Gasteiger partial charge in [0.05, 0.1) is 0 Å². The molecule has 0 spiro atoms. The molecule has 1 aromatic carbocycles. The van der Waals surface area contributed by atoms with E-state index in [-0.39, 0.29) is 11.8 Å². The first kappa shape index (κ1) is 13.8. The van der Waals surface area contributed by atoms with Gasteiger partial charge in [-0.1, -0.05) is 6.07 Å². The van der Waals surface area contributed by atoms with Crippen molar-refractivity contribution in [3.05, 3.63) is 47.3 Å². The van der Waals surface area contributed by atoms with Crippen molar-refractivity contribution < 1.29 is 9.59 Å². The number of aromatic nitrogens is 2. The molecule has 0 fully saturated rings. The van der Waals surface area contributed by atoms with Gasteiger partial charge in [0.1, 0.15) is 5.69 Å². The Kier molecular flexibility index (Phi) is 3.84. The lowest BCUT2D eigenvalue weighted by atomic mass is 10.1. The molecule has 1 aromatic heterocycles. The van der Waals surface area contributed by atoms with Crippen molar-refractivity contribution in [3.8, 4) is 0 Å². The lowest BCUT2D eigenvalue weighted by molar-refractivity contribution is 0.0826. The Labute approximate surface area is 116 Å². The molecular formula is C14H16N4O2. The molecule has 2 rings (SSSR count). The molecule has 2 amide bonds. The topological polar surface area (TPSA) is 78.1 Å². The summed E-state index contributed by atoms with van der Waals surface area (Å²) in [5.41, 5.74) is 2.37. The van der Waals surface area contributed by atoms with E-state index in [1.807, 2.05) is 6.92 Å². The van der Waals surface area contributed by atoms with E-state index in [9.17, 15) is 9.59 Å². The fourth-order valence-electron chi connectivity index (χ4n) is 1.75. The van der Waals surface area contributed by atoms with Crippen LogP contribution in [-0.2, 0) is 0 Å². The maximum Gasteiger partial charge on any atom is 0.273 e. The van der Waals surface area contributed by atoms with E-state index in [1.165, 1.54) is 11.1 Å². The van der Waals surface area contributed by atoms with Crippen molar-refractivity contribution in [1.82, 2.24) is 15.1 Å². The molecule has 0 atom stereocenters. The SMILES string of the molecule is Cc1ccc(NC(=O)c2ccn[nH]2)cc1C(=O)N(C)C. The number of rotatable bonds is 3. The summed E-state index contributed by atoms with van der Waals surface area (Å²) < 4.78 is 0. The summed E-state index contributed by atoms with van der Waals surface area (Å²) >= 11 is 0. The number of carbonyl (C=O) groups is 2. The van der Waals surface area contributed by atoms with Gasteiger partial charge in [0.2, 0.25) is 0 Å². The number of nitrogens with zero attached hydrogens (tertiary/aromatic N) is 2. The summed E-state index contributed by atoms with van der Waals surface area (Å²) in [4.78, 5) is 25.4. The van der Waals surface area contributed by atoms with Crippen molar-refractivity contribution >= 4 is 17.5 Å². The number of hydrogen-bond donors (Lipinski definition) is 2. The van der Waals surface area contributed by atoms with Gasteiger partial charge in [-0.05, 0) is 30.7 Å². The van der Waals surface area contributed by atoms with Crippen LogP contribution in [0.25, 0.3) is 0 Å². The third-order valence-electron chi connectivity index (χ3n) is 2.88. The number of amides is 2. The minimum atomic E-state index is -0.297. The zero-order valence-electron chi connectivity index (χ0n) is 11.6. The molecule has 6 heteroatoms. The second kappa shape index (κ2) is 5.56. The Bertz CT molecular complexity index is 633. The van der Waals surface area contributed by atoms with Gasteiger partial charge in [-0.2, -0.15) is 5.10 Å². The summed E-state index contributed by atoms with van der Waals surface area (Å²) in [5, 5.41) is 9.03. The third-order valence-corrected chi connectivity index (χ3v) is 2.88. The third kappa shape index (κ3) is 2.85.